The van der Waals surface area contributed by atoms with Crippen LogP contribution in [0, 0.1) is 11.7 Å². The Morgan fingerprint density at radius 2 is 2.11 bits per heavy atom. The standard InChI is InChI=1S/C12H14ClFN2O3/c1-7(6-17)5-15-11(18)12(19)16-9-4-2-3-8(13)10(9)14/h2-4,7,17H,5-6H2,1H3,(H,15,18)(H,16,19). The summed E-state index contributed by atoms with van der Waals surface area (Å²) in [6.45, 7) is 1.75. The van der Waals surface area contributed by atoms with Crippen LogP contribution in [0.15, 0.2) is 18.2 Å². The van der Waals surface area contributed by atoms with Gasteiger partial charge in [0.2, 0.25) is 0 Å². The highest BCUT2D eigenvalue weighted by Gasteiger charge is 2.16. The van der Waals surface area contributed by atoms with E-state index < -0.39 is 17.6 Å². The van der Waals surface area contributed by atoms with Crippen LogP contribution in [0.3, 0.4) is 0 Å². The van der Waals surface area contributed by atoms with Crippen molar-refractivity contribution in [1.29, 1.82) is 0 Å². The van der Waals surface area contributed by atoms with Gasteiger partial charge in [-0.1, -0.05) is 24.6 Å². The number of nitrogens with one attached hydrogen (secondary N) is 2. The van der Waals surface area contributed by atoms with E-state index in [0.29, 0.717) is 0 Å². The van der Waals surface area contributed by atoms with E-state index >= 15 is 0 Å². The van der Waals surface area contributed by atoms with Gasteiger partial charge in [-0.15, -0.1) is 0 Å². The number of halogens is 2. The van der Waals surface area contributed by atoms with Crippen LogP contribution in [0.1, 0.15) is 6.92 Å². The molecule has 1 aromatic rings. The molecule has 0 radical (unpaired) electrons. The molecule has 3 N–H and O–H groups in total. The van der Waals surface area contributed by atoms with Crippen molar-refractivity contribution >= 4 is 29.1 Å². The van der Waals surface area contributed by atoms with Crippen molar-refractivity contribution in [2.45, 2.75) is 6.92 Å². The summed E-state index contributed by atoms with van der Waals surface area (Å²) >= 11 is 5.54. The van der Waals surface area contributed by atoms with E-state index in [2.05, 4.69) is 10.6 Å². The number of aliphatic hydroxyl groups is 1. The van der Waals surface area contributed by atoms with Crippen LogP contribution in [0.5, 0.6) is 0 Å². The third-order valence-corrected chi connectivity index (χ3v) is 2.62. The maximum atomic E-state index is 13.5. The van der Waals surface area contributed by atoms with Crippen LogP contribution in [-0.2, 0) is 9.59 Å². The lowest BCUT2D eigenvalue weighted by atomic mass is 10.2. The van der Waals surface area contributed by atoms with Crippen LogP contribution in [-0.4, -0.2) is 30.1 Å². The fourth-order valence-corrected chi connectivity index (χ4v) is 1.37. The molecule has 0 aliphatic rings. The van der Waals surface area contributed by atoms with E-state index in [1.54, 1.807) is 6.92 Å². The average Bonchev–Trinajstić information content (AvgIpc) is 2.40. The molecule has 1 unspecified atom stereocenters. The molecule has 1 rings (SSSR count). The fourth-order valence-electron chi connectivity index (χ4n) is 1.19. The Kier molecular flexibility index (Phi) is 5.72. The highest BCUT2D eigenvalue weighted by molar-refractivity contribution is 6.39. The molecule has 7 heteroatoms. The third-order valence-electron chi connectivity index (χ3n) is 2.33. The first-order chi connectivity index (χ1) is 8.95. The van der Waals surface area contributed by atoms with Crippen molar-refractivity contribution < 1.29 is 19.1 Å². The van der Waals surface area contributed by atoms with Crippen molar-refractivity contribution in [3.63, 3.8) is 0 Å². The minimum atomic E-state index is -0.994. The number of hydrogen-bond donors (Lipinski definition) is 3. The van der Waals surface area contributed by atoms with Gasteiger partial charge in [-0.05, 0) is 18.1 Å². The number of amides is 2. The van der Waals surface area contributed by atoms with Crippen LogP contribution >= 0.6 is 11.6 Å². The Balaban J connectivity index is 2.59. The zero-order chi connectivity index (χ0) is 14.4. The average molecular weight is 289 g/mol. The predicted octanol–water partition coefficient (Wildman–Crippen LogP) is 1.16. The van der Waals surface area contributed by atoms with Crippen molar-refractivity contribution in [2.75, 3.05) is 18.5 Å². The molecule has 5 nitrogen and oxygen atoms in total. The lowest BCUT2D eigenvalue weighted by Gasteiger charge is -2.10. The van der Waals surface area contributed by atoms with Crippen LogP contribution < -0.4 is 10.6 Å². The first-order valence-corrected chi connectivity index (χ1v) is 5.97. The number of benzene rings is 1. The third kappa shape index (κ3) is 4.50. The summed E-state index contributed by atoms with van der Waals surface area (Å²) in [5.74, 6) is -2.86. The molecule has 0 fully saturated rings. The Labute approximate surface area is 114 Å². The fraction of sp³-hybridized carbons (Fsp3) is 0.333. The molecule has 0 aliphatic carbocycles. The largest absolute Gasteiger partial charge is 0.396 e. The first-order valence-electron chi connectivity index (χ1n) is 5.59. The smallest absolute Gasteiger partial charge is 0.313 e. The quantitative estimate of drug-likeness (QED) is 0.728. The molecular formula is C12H14ClFN2O3. The Morgan fingerprint density at radius 1 is 1.42 bits per heavy atom. The molecule has 2 amide bonds. The van der Waals surface area contributed by atoms with Gasteiger partial charge in [0.25, 0.3) is 0 Å². The zero-order valence-electron chi connectivity index (χ0n) is 10.2. The zero-order valence-corrected chi connectivity index (χ0v) is 11.0. The summed E-state index contributed by atoms with van der Waals surface area (Å²) in [4.78, 5) is 22.9. The summed E-state index contributed by atoms with van der Waals surface area (Å²) in [6.07, 6.45) is 0. The minimum Gasteiger partial charge on any atom is -0.396 e. The van der Waals surface area contributed by atoms with Gasteiger partial charge < -0.3 is 15.7 Å². The van der Waals surface area contributed by atoms with E-state index in [0.717, 1.165) is 0 Å². The van der Waals surface area contributed by atoms with Gasteiger partial charge in [-0.3, -0.25) is 9.59 Å². The highest BCUT2D eigenvalue weighted by Crippen LogP contribution is 2.21. The van der Waals surface area contributed by atoms with E-state index in [1.807, 2.05) is 0 Å². The number of anilines is 1. The molecule has 104 valence electrons. The molecule has 0 saturated carbocycles. The van der Waals surface area contributed by atoms with Crippen molar-refractivity contribution in [3.05, 3.63) is 29.0 Å². The van der Waals surface area contributed by atoms with Gasteiger partial charge >= 0.3 is 11.8 Å². The van der Waals surface area contributed by atoms with Gasteiger partial charge in [-0.2, -0.15) is 0 Å². The molecule has 0 saturated heterocycles. The summed E-state index contributed by atoms with van der Waals surface area (Å²) in [5.41, 5.74) is -0.164. The van der Waals surface area contributed by atoms with E-state index in [4.69, 9.17) is 16.7 Å². The molecular weight excluding hydrogens is 275 g/mol. The molecule has 0 heterocycles. The molecule has 1 aromatic carbocycles. The van der Waals surface area contributed by atoms with Crippen molar-refractivity contribution in [2.24, 2.45) is 5.92 Å². The van der Waals surface area contributed by atoms with Crippen LogP contribution in [0.4, 0.5) is 10.1 Å². The molecule has 0 aromatic heterocycles. The monoisotopic (exact) mass is 288 g/mol. The Bertz CT molecular complexity index is 482. The number of carbonyl (C=O) groups is 2. The summed E-state index contributed by atoms with van der Waals surface area (Å²) in [5, 5.41) is 13.1. The number of carbonyl (C=O) groups excluding carboxylic acids is 2. The SMILES string of the molecule is CC(CO)CNC(=O)C(=O)Nc1cccc(Cl)c1F. The number of hydrogen-bond acceptors (Lipinski definition) is 3. The number of aliphatic hydroxyl groups excluding tert-OH is 1. The summed E-state index contributed by atoms with van der Waals surface area (Å²) in [6, 6.07) is 4.07. The van der Waals surface area contributed by atoms with Crippen molar-refractivity contribution in [3.8, 4) is 0 Å². The number of rotatable bonds is 4. The second kappa shape index (κ2) is 7.06. The van der Waals surface area contributed by atoms with Gasteiger partial charge in [-0.25, -0.2) is 4.39 Å². The maximum absolute atomic E-state index is 13.5. The van der Waals surface area contributed by atoms with Gasteiger partial charge in [0, 0.05) is 13.2 Å². The van der Waals surface area contributed by atoms with Gasteiger partial charge in [0.1, 0.15) is 0 Å². The Morgan fingerprint density at radius 3 is 2.74 bits per heavy atom. The summed E-state index contributed by atoms with van der Waals surface area (Å²) in [7, 11) is 0. The second-order valence-electron chi connectivity index (χ2n) is 4.05. The minimum absolute atomic E-state index is 0.106. The molecule has 0 spiro atoms. The second-order valence-corrected chi connectivity index (χ2v) is 4.46. The van der Waals surface area contributed by atoms with Gasteiger partial charge in [0.05, 0.1) is 10.7 Å². The van der Waals surface area contributed by atoms with E-state index in [-0.39, 0.29) is 29.8 Å². The molecule has 0 bridgehead atoms. The lowest BCUT2D eigenvalue weighted by molar-refractivity contribution is -0.136. The highest BCUT2D eigenvalue weighted by atomic mass is 35.5. The van der Waals surface area contributed by atoms with E-state index in [9.17, 15) is 14.0 Å². The molecule has 19 heavy (non-hydrogen) atoms. The van der Waals surface area contributed by atoms with Gasteiger partial charge in [0.15, 0.2) is 5.82 Å². The molecule has 0 aliphatic heterocycles. The lowest BCUT2D eigenvalue weighted by Crippen LogP contribution is -2.38. The predicted molar refractivity (Wildman–Crippen MR) is 69.3 cm³/mol. The summed E-state index contributed by atoms with van der Waals surface area (Å²) < 4.78 is 13.5. The first kappa shape index (κ1) is 15.4. The van der Waals surface area contributed by atoms with Crippen molar-refractivity contribution in [1.82, 2.24) is 5.32 Å². The maximum Gasteiger partial charge on any atom is 0.313 e. The van der Waals surface area contributed by atoms with E-state index in [1.165, 1.54) is 18.2 Å². The Hall–Kier alpha value is -1.66. The molecule has 1 atom stereocenters. The van der Waals surface area contributed by atoms with Crippen LogP contribution in [0.2, 0.25) is 5.02 Å². The topological polar surface area (TPSA) is 78.4 Å². The van der Waals surface area contributed by atoms with Crippen LogP contribution in [0.25, 0.3) is 0 Å². The normalized spacial score (nSPS) is 11.8.